The van der Waals surface area contributed by atoms with Gasteiger partial charge in [-0.05, 0) is 42.5 Å². The second-order valence-corrected chi connectivity index (χ2v) is 5.56. The molecular weight excluding hydrogens is 356 g/mol. The van der Waals surface area contributed by atoms with Gasteiger partial charge in [-0.25, -0.2) is 0 Å². The van der Waals surface area contributed by atoms with Gasteiger partial charge in [0.15, 0.2) is 0 Å². The van der Waals surface area contributed by atoms with Crippen LogP contribution < -0.4 is 14.8 Å². The summed E-state index contributed by atoms with van der Waals surface area (Å²) in [6, 6.07) is 20.2. The Hall–Kier alpha value is -4.36. The van der Waals surface area contributed by atoms with Gasteiger partial charge in [0.1, 0.15) is 17.1 Å². The van der Waals surface area contributed by atoms with Crippen molar-refractivity contribution in [2.24, 2.45) is 0 Å². The Morgan fingerprint density at radius 2 is 1.54 bits per heavy atom. The highest BCUT2D eigenvalue weighted by Gasteiger charge is 2.16. The Bertz CT molecular complexity index is 1110. The molecule has 0 aliphatic heterocycles. The van der Waals surface area contributed by atoms with E-state index in [9.17, 15) is 4.79 Å². The highest BCUT2D eigenvalue weighted by Crippen LogP contribution is 2.29. The standard InChI is InChI=1S/C21H14N4O3/c1-24-20(26)18-8-9-19(27-16-6-2-4-14(10-16)12-22)25-21(18)28-17-7-3-5-15(11-17)13-23/h2-11H,1H3,(H,24,26). The van der Waals surface area contributed by atoms with Crippen LogP contribution in [0.5, 0.6) is 23.3 Å². The molecule has 28 heavy (non-hydrogen) atoms. The maximum absolute atomic E-state index is 12.1. The molecule has 136 valence electrons. The molecule has 7 nitrogen and oxygen atoms in total. The molecule has 7 heteroatoms. The number of nitrogens with zero attached hydrogens (tertiary/aromatic N) is 3. The van der Waals surface area contributed by atoms with Crippen molar-refractivity contribution in [1.82, 2.24) is 10.3 Å². The fourth-order valence-corrected chi connectivity index (χ4v) is 2.36. The van der Waals surface area contributed by atoms with Crippen LogP contribution in [0, 0.1) is 22.7 Å². The lowest BCUT2D eigenvalue weighted by Gasteiger charge is -2.12. The van der Waals surface area contributed by atoms with Crippen LogP contribution >= 0.6 is 0 Å². The first-order valence-corrected chi connectivity index (χ1v) is 8.22. The van der Waals surface area contributed by atoms with Gasteiger partial charge in [-0.15, -0.1) is 0 Å². The van der Waals surface area contributed by atoms with Crippen molar-refractivity contribution in [3.8, 4) is 35.4 Å². The number of amides is 1. The highest BCUT2D eigenvalue weighted by molar-refractivity contribution is 5.96. The van der Waals surface area contributed by atoms with Crippen molar-refractivity contribution in [3.63, 3.8) is 0 Å². The minimum Gasteiger partial charge on any atom is -0.439 e. The van der Waals surface area contributed by atoms with Crippen molar-refractivity contribution in [1.29, 1.82) is 10.5 Å². The molecule has 3 aromatic rings. The molecule has 1 N–H and O–H groups in total. The van der Waals surface area contributed by atoms with Crippen LogP contribution in [-0.2, 0) is 0 Å². The summed E-state index contributed by atoms with van der Waals surface area (Å²) in [6.45, 7) is 0. The number of pyridine rings is 1. The average Bonchev–Trinajstić information content (AvgIpc) is 2.73. The smallest absolute Gasteiger partial charge is 0.256 e. The predicted octanol–water partition coefficient (Wildman–Crippen LogP) is 3.77. The van der Waals surface area contributed by atoms with E-state index in [0.29, 0.717) is 22.6 Å². The minimum absolute atomic E-state index is 0.0309. The number of carbonyl (C=O) groups is 1. The molecule has 1 aromatic heterocycles. The molecule has 0 radical (unpaired) electrons. The molecule has 0 bridgehead atoms. The number of aromatic nitrogens is 1. The van der Waals surface area contributed by atoms with Gasteiger partial charge in [0, 0.05) is 13.1 Å². The number of nitrogens with one attached hydrogen (secondary N) is 1. The highest BCUT2D eigenvalue weighted by atomic mass is 16.5. The zero-order valence-corrected chi connectivity index (χ0v) is 14.8. The fourth-order valence-electron chi connectivity index (χ4n) is 2.36. The van der Waals surface area contributed by atoms with Gasteiger partial charge in [0.2, 0.25) is 11.8 Å². The lowest BCUT2D eigenvalue weighted by molar-refractivity contribution is 0.0960. The summed E-state index contributed by atoms with van der Waals surface area (Å²) in [6.07, 6.45) is 0. The molecule has 0 aliphatic rings. The minimum atomic E-state index is -0.378. The Labute approximate surface area is 161 Å². The van der Waals surface area contributed by atoms with Crippen LogP contribution in [0.25, 0.3) is 0 Å². The molecule has 0 unspecified atom stereocenters. The van der Waals surface area contributed by atoms with Crippen LogP contribution in [0.1, 0.15) is 21.5 Å². The Morgan fingerprint density at radius 3 is 2.11 bits per heavy atom. The third-order valence-corrected chi connectivity index (χ3v) is 3.67. The maximum Gasteiger partial charge on any atom is 0.256 e. The van der Waals surface area contributed by atoms with Gasteiger partial charge >= 0.3 is 0 Å². The van der Waals surface area contributed by atoms with Gasteiger partial charge in [-0.1, -0.05) is 12.1 Å². The van der Waals surface area contributed by atoms with E-state index in [0.717, 1.165) is 0 Å². The first-order chi connectivity index (χ1) is 13.6. The van der Waals surface area contributed by atoms with Crippen LogP contribution in [0.4, 0.5) is 0 Å². The van der Waals surface area contributed by atoms with E-state index >= 15 is 0 Å². The first kappa shape index (κ1) is 18.4. The fraction of sp³-hybridized carbons (Fsp3) is 0.0476. The molecule has 1 amide bonds. The molecule has 1 heterocycles. The van der Waals surface area contributed by atoms with Gasteiger partial charge in [0.05, 0.1) is 23.3 Å². The van der Waals surface area contributed by atoms with E-state index in [2.05, 4.69) is 10.3 Å². The number of benzene rings is 2. The van der Waals surface area contributed by atoms with Crippen LogP contribution in [0.15, 0.2) is 60.7 Å². The molecule has 3 rings (SSSR count). The Balaban J connectivity index is 1.95. The van der Waals surface area contributed by atoms with Crippen molar-refractivity contribution in [2.45, 2.75) is 0 Å². The zero-order chi connectivity index (χ0) is 19.9. The molecule has 0 aliphatic carbocycles. The van der Waals surface area contributed by atoms with Crippen LogP contribution in [-0.4, -0.2) is 17.9 Å². The summed E-state index contributed by atoms with van der Waals surface area (Å²) in [5.74, 6) is 0.631. The van der Waals surface area contributed by atoms with Gasteiger partial charge in [0.25, 0.3) is 5.91 Å². The summed E-state index contributed by atoms with van der Waals surface area (Å²) in [5.41, 5.74) is 1.08. The molecule has 0 saturated carbocycles. The van der Waals surface area contributed by atoms with Crippen LogP contribution in [0.3, 0.4) is 0 Å². The van der Waals surface area contributed by atoms with E-state index in [1.807, 2.05) is 12.1 Å². The third-order valence-electron chi connectivity index (χ3n) is 3.67. The molecular formula is C21H14N4O3. The first-order valence-electron chi connectivity index (χ1n) is 8.22. The monoisotopic (exact) mass is 370 g/mol. The maximum atomic E-state index is 12.1. The summed E-state index contributed by atoms with van der Waals surface area (Å²) in [4.78, 5) is 16.4. The van der Waals surface area contributed by atoms with E-state index in [1.165, 1.54) is 19.2 Å². The Kier molecular flexibility index (Phi) is 5.49. The van der Waals surface area contributed by atoms with E-state index in [-0.39, 0.29) is 23.2 Å². The van der Waals surface area contributed by atoms with Gasteiger partial charge in [-0.2, -0.15) is 15.5 Å². The number of carbonyl (C=O) groups excluding carboxylic acids is 1. The van der Waals surface area contributed by atoms with Crippen molar-refractivity contribution in [2.75, 3.05) is 7.05 Å². The van der Waals surface area contributed by atoms with Gasteiger partial charge < -0.3 is 14.8 Å². The number of ether oxygens (including phenoxy) is 2. The second-order valence-electron chi connectivity index (χ2n) is 5.56. The molecule has 0 atom stereocenters. The topological polar surface area (TPSA) is 108 Å². The zero-order valence-electron chi connectivity index (χ0n) is 14.8. The lowest BCUT2D eigenvalue weighted by Crippen LogP contribution is -2.19. The lowest BCUT2D eigenvalue weighted by atomic mass is 10.2. The second kappa shape index (κ2) is 8.35. The molecule has 0 fully saturated rings. The molecule has 0 spiro atoms. The average molecular weight is 370 g/mol. The normalized spacial score (nSPS) is 9.68. The predicted molar refractivity (Wildman–Crippen MR) is 100 cm³/mol. The van der Waals surface area contributed by atoms with E-state index in [4.69, 9.17) is 20.0 Å². The van der Waals surface area contributed by atoms with Gasteiger partial charge in [-0.3, -0.25) is 4.79 Å². The third kappa shape index (κ3) is 4.24. The molecule has 2 aromatic carbocycles. The number of hydrogen-bond donors (Lipinski definition) is 1. The largest absolute Gasteiger partial charge is 0.439 e. The quantitative estimate of drug-likeness (QED) is 0.732. The van der Waals surface area contributed by atoms with Crippen LogP contribution in [0.2, 0.25) is 0 Å². The summed E-state index contributed by atoms with van der Waals surface area (Å²) < 4.78 is 11.4. The molecule has 0 saturated heterocycles. The van der Waals surface area contributed by atoms with Crippen molar-refractivity contribution in [3.05, 3.63) is 77.4 Å². The number of nitriles is 2. The SMILES string of the molecule is CNC(=O)c1ccc(Oc2cccc(C#N)c2)nc1Oc1cccc(C#N)c1. The number of hydrogen-bond acceptors (Lipinski definition) is 6. The van der Waals surface area contributed by atoms with Crippen molar-refractivity contribution < 1.29 is 14.3 Å². The van der Waals surface area contributed by atoms with E-state index < -0.39 is 0 Å². The van der Waals surface area contributed by atoms with E-state index in [1.54, 1.807) is 48.5 Å². The summed E-state index contributed by atoms with van der Waals surface area (Å²) in [7, 11) is 1.50. The van der Waals surface area contributed by atoms with Crippen molar-refractivity contribution >= 4 is 5.91 Å². The summed E-state index contributed by atoms with van der Waals surface area (Å²) >= 11 is 0. The summed E-state index contributed by atoms with van der Waals surface area (Å²) in [5, 5.41) is 20.6. The Morgan fingerprint density at radius 1 is 0.929 bits per heavy atom. The number of rotatable bonds is 5.